The van der Waals surface area contributed by atoms with Crippen LogP contribution < -0.4 is 4.74 Å². The number of benzene rings is 1. The molecular formula is C15H20O3. The van der Waals surface area contributed by atoms with Crippen molar-refractivity contribution < 1.29 is 14.3 Å². The van der Waals surface area contributed by atoms with E-state index in [1.54, 1.807) is 7.11 Å². The number of hydrogen-bond donors (Lipinski definition) is 0. The van der Waals surface area contributed by atoms with Crippen LogP contribution in [0.15, 0.2) is 35.9 Å². The third-order valence-electron chi connectivity index (χ3n) is 2.63. The van der Waals surface area contributed by atoms with Crippen molar-refractivity contribution in [3.05, 3.63) is 41.5 Å². The predicted molar refractivity (Wildman–Crippen MR) is 71.7 cm³/mol. The first kappa shape index (κ1) is 14.5. The van der Waals surface area contributed by atoms with Gasteiger partial charge in [-0.15, -0.1) is 0 Å². The summed E-state index contributed by atoms with van der Waals surface area (Å²) >= 11 is 0. The first-order valence-electron chi connectivity index (χ1n) is 6.06. The van der Waals surface area contributed by atoms with Gasteiger partial charge in [-0.25, -0.2) is 0 Å². The van der Waals surface area contributed by atoms with Crippen molar-refractivity contribution >= 4 is 6.29 Å². The number of allylic oxidation sites excluding steroid dienone is 1. The Balaban J connectivity index is 2.26. The zero-order valence-corrected chi connectivity index (χ0v) is 11.0. The average Bonchev–Trinajstić information content (AvgIpc) is 2.42. The van der Waals surface area contributed by atoms with Crippen LogP contribution in [0.2, 0.25) is 0 Å². The lowest BCUT2D eigenvalue weighted by atomic mass is 10.2. The minimum absolute atomic E-state index is 0.580. The zero-order chi connectivity index (χ0) is 13.2. The smallest absolute Gasteiger partial charge is 0.120 e. The minimum Gasteiger partial charge on any atom is -0.497 e. The highest BCUT2D eigenvalue weighted by molar-refractivity contribution is 5.49. The van der Waals surface area contributed by atoms with Crippen LogP contribution >= 0.6 is 0 Å². The summed E-state index contributed by atoms with van der Waals surface area (Å²) in [5.41, 5.74) is 2.31. The van der Waals surface area contributed by atoms with Crippen LogP contribution in [-0.2, 0) is 16.1 Å². The molecule has 0 bridgehead atoms. The molecule has 0 aromatic heterocycles. The molecule has 98 valence electrons. The van der Waals surface area contributed by atoms with Gasteiger partial charge in [-0.2, -0.15) is 0 Å². The van der Waals surface area contributed by atoms with Crippen LogP contribution in [0.25, 0.3) is 0 Å². The minimum atomic E-state index is 0.580. The molecule has 0 aliphatic heterocycles. The second-order valence-corrected chi connectivity index (χ2v) is 4.12. The fourth-order valence-corrected chi connectivity index (χ4v) is 1.49. The van der Waals surface area contributed by atoms with Gasteiger partial charge in [0.05, 0.1) is 20.3 Å². The van der Waals surface area contributed by atoms with Crippen molar-refractivity contribution in [3.8, 4) is 5.75 Å². The summed E-state index contributed by atoms with van der Waals surface area (Å²) in [6, 6.07) is 7.82. The number of carbonyl (C=O) groups excluding carboxylic acids is 1. The maximum absolute atomic E-state index is 10.2. The van der Waals surface area contributed by atoms with Crippen molar-refractivity contribution in [2.45, 2.75) is 26.4 Å². The van der Waals surface area contributed by atoms with E-state index in [2.05, 4.69) is 0 Å². The molecule has 1 aromatic carbocycles. The Hall–Kier alpha value is -1.61. The maximum Gasteiger partial charge on any atom is 0.120 e. The summed E-state index contributed by atoms with van der Waals surface area (Å²) in [5.74, 6) is 0.850. The summed E-state index contributed by atoms with van der Waals surface area (Å²) < 4.78 is 10.6. The Kier molecular flexibility index (Phi) is 6.81. The van der Waals surface area contributed by atoms with Crippen LogP contribution in [0.4, 0.5) is 0 Å². The van der Waals surface area contributed by atoms with Crippen LogP contribution in [0.3, 0.4) is 0 Å². The summed E-state index contributed by atoms with van der Waals surface area (Å²) in [4.78, 5) is 10.2. The van der Waals surface area contributed by atoms with E-state index in [-0.39, 0.29) is 0 Å². The van der Waals surface area contributed by atoms with Crippen molar-refractivity contribution in [2.75, 3.05) is 13.7 Å². The average molecular weight is 248 g/mol. The molecule has 18 heavy (non-hydrogen) atoms. The zero-order valence-electron chi connectivity index (χ0n) is 11.0. The van der Waals surface area contributed by atoms with E-state index in [1.165, 1.54) is 5.57 Å². The Morgan fingerprint density at radius 3 is 2.61 bits per heavy atom. The van der Waals surface area contributed by atoms with Crippen LogP contribution in [0.5, 0.6) is 5.75 Å². The number of hydrogen-bond acceptors (Lipinski definition) is 3. The van der Waals surface area contributed by atoms with E-state index in [9.17, 15) is 4.79 Å². The molecule has 0 saturated heterocycles. The van der Waals surface area contributed by atoms with Crippen LogP contribution in [0.1, 0.15) is 25.3 Å². The monoisotopic (exact) mass is 248 g/mol. The normalized spacial score (nSPS) is 11.3. The lowest BCUT2D eigenvalue weighted by molar-refractivity contribution is -0.107. The molecule has 0 amide bonds. The number of aldehydes is 1. The Morgan fingerprint density at radius 1 is 1.28 bits per heavy atom. The number of carbonyl (C=O) groups is 1. The van der Waals surface area contributed by atoms with Crippen LogP contribution in [0, 0.1) is 0 Å². The van der Waals surface area contributed by atoms with Crippen molar-refractivity contribution in [1.29, 1.82) is 0 Å². The molecule has 0 saturated carbocycles. The molecule has 3 heteroatoms. The van der Waals surface area contributed by atoms with E-state index in [4.69, 9.17) is 9.47 Å². The number of ether oxygens (including phenoxy) is 2. The molecule has 0 N–H and O–H groups in total. The molecule has 0 aliphatic carbocycles. The second-order valence-electron chi connectivity index (χ2n) is 4.12. The predicted octanol–water partition coefficient (Wildman–Crippen LogP) is 3.14. The van der Waals surface area contributed by atoms with Gasteiger partial charge in [0.15, 0.2) is 0 Å². The Bertz CT molecular complexity index is 379. The molecule has 0 spiro atoms. The highest BCUT2D eigenvalue weighted by Crippen LogP contribution is 2.12. The molecular weight excluding hydrogens is 228 g/mol. The molecule has 3 nitrogen and oxygen atoms in total. The summed E-state index contributed by atoms with van der Waals surface area (Å²) in [6.07, 6.45) is 4.36. The first-order valence-corrected chi connectivity index (χ1v) is 6.06. The Labute approximate surface area is 108 Å². The highest BCUT2D eigenvalue weighted by Gasteiger charge is 1.94. The molecule has 0 aliphatic rings. The third kappa shape index (κ3) is 5.64. The van der Waals surface area contributed by atoms with Gasteiger partial charge in [0, 0.05) is 6.42 Å². The fourth-order valence-electron chi connectivity index (χ4n) is 1.49. The van der Waals surface area contributed by atoms with E-state index in [1.807, 2.05) is 37.3 Å². The maximum atomic E-state index is 10.2. The molecule has 1 rings (SSSR count). The molecule has 0 unspecified atom stereocenters. The topological polar surface area (TPSA) is 35.5 Å². The number of rotatable bonds is 8. The van der Waals surface area contributed by atoms with Crippen molar-refractivity contribution in [2.24, 2.45) is 0 Å². The van der Waals surface area contributed by atoms with Gasteiger partial charge in [0.1, 0.15) is 12.0 Å². The van der Waals surface area contributed by atoms with E-state index in [0.717, 1.165) is 24.0 Å². The molecule has 0 heterocycles. The van der Waals surface area contributed by atoms with Gasteiger partial charge in [0.25, 0.3) is 0 Å². The van der Waals surface area contributed by atoms with Crippen molar-refractivity contribution in [1.82, 2.24) is 0 Å². The third-order valence-corrected chi connectivity index (χ3v) is 2.63. The van der Waals surface area contributed by atoms with Gasteiger partial charge >= 0.3 is 0 Å². The molecule has 1 aromatic rings. The fraction of sp³-hybridized carbons (Fsp3) is 0.400. The standard InChI is InChI=1S/C15H20O3/c1-13(4-3-10-16)9-11-18-12-14-5-7-15(17-2)8-6-14/h5-10H,3-4,11-12H2,1-2H3/b13-9+. The second kappa shape index (κ2) is 8.48. The SMILES string of the molecule is COc1ccc(COC/C=C(\C)CCC=O)cc1. The van der Waals surface area contributed by atoms with Gasteiger partial charge in [-0.05, 0) is 31.0 Å². The first-order chi connectivity index (χ1) is 8.76. The summed E-state index contributed by atoms with van der Waals surface area (Å²) in [5, 5.41) is 0. The largest absolute Gasteiger partial charge is 0.497 e. The van der Waals surface area contributed by atoms with Gasteiger partial charge in [0.2, 0.25) is 0 Å². The molecule has 0 atom stereocenters. The van der Waals surface area contributed by atoms with E-state index >= 15 is 0 Å². The van der Waals surface area contributed by atoms with Crippen molar-refractivity contribution in [3.63, 3.8) is 0 Å². The summed E-state index contributed by atoms with van der Waals surface area (Å²) in [6.45, 7) is 3.18. The highest BCUT2D eigenvalue weighted by atomic mass is 16.5. The van der Waals surface area contributed by atoms with Gasteiger partial charge in [-0.1, -0.05) is 23.8 Å². The lowest BCUT2D eigenvalue weighted by Crippen LogP contribution is -1.94. The molecule has 0 fully saturated rings. The number of methoxy groups -OCH3 is 1. The van der Waals surface area contributed by atoms with Gasteiger partial charge < -0.3 is 14.3 Å². The van der Waals surface area contributed by atoms with Crippen LogP contribution in [-0.4, -0.2) is 20.0 Å². The van der Waals surface area contributed by atoms with E-state index in [0.29, 0.717) is 19.6 Å². The molecule has 0 radical (unpaired) electrons. The van der Waals surface area contributed by atoms with E-state index < -0.39 is 0 Å². The Morgan fingerprint density at radius 2 is 2.00 bits per heavy atom. The lowest BCUT2D eigenvalue weighted by Gasteiger charge is -2.04. The summed E-state index contributed by atoms with van der Waals surface area (Å²) in [7, 11) is 1.65. The quantitative estimate of drug-likeness (QED) is 0.403. The van der Waals surface area contributed by atoms with Gasteiger partial charge in [-0.3, -0.25) is 0 Å².